The summed E-state index contributed by atoms with van der Waals surface area (Å²) in [5, 5.41) is 2.45. The van der Waals surface area contributed by atoms with Crippen molar-refractivity contribution < 1.29 is 13.9 Å². The molecule has 19 heavy (non-hydrogen) atoms. The maximum absolute atomic E-state index is 13.3. The van der Waals surface area contributed by atoms with Crippen LogP contribution in [0.25, 0.3) is 0 Å². The third kappa shape index (κ3) is 2.79. The molecule has 0 saturated carbocycles. The zero-order valence-electron chi connectivity index (χ0n) is 10.2. The Hall–Kier alpha value is -2.63. The van der Waals surface area contributed by atoms with Gasteiger partial charge >= 0.3 is 0 Å². The minimum Gasteiger partial charge on any atom is -0.437 e. The van der Waals surface area contributed by atoms with Gasteiger partial charge < -0.3 is 15.8 Å². The van der Waals surface area contributed by atoms with Crippen molar-refractivity contribution >= 4 is 11.6 Å². The number of pyridine rings is 1. The normalized spacial score (nSPS) is 10.0. The number of ether oxygens (including phenoxy) is 1. The molecule has 0 saturated heterocycles. The summed E-state index contributed by atoms with van der Waals surface area (Å²) in [6.07, 6.45) is 0. The van der Waals surface area contributed by atoms with Gasteiger partial charge in [0.05, 0.1) is 0 Å². The van der Waals surface area contributed by atoms with Gasteiger partial charge in [-0.1, -0.05) is 12.1 Å². The van der Waals surface area contributed by atoms with Gasteiger partial charge in [0, 0.05) is 13.1 Å². The molecule has 5 nitrogen and oxygen atoms in total. The highest BCUT2D eigenvalue weighted by Gasteiger charge is 2.10. The molecule has 0 bridgehead atoms. The Balaban J connectivity index is 2.28. The van der Waals surface area contributed by atoms with E-state index in [0.717, 1.165) is 0 Å². The quantitative estimate of drug-likeness (QED) is 0.828. The first-order valence-corrected chi connectivity index (χ1v) is 5.53. The van der Waals surface area contributed by atoms with E-state index in [-0.39, 0.29) is 28.9 Å². The lowest BCUT2D eigenvalue weighted by atomic mass is 10.3. The third-order valence-corrected chi connectivity index (χ3v) is 2.41. The molecule has 6 heteroatoms. The Bertz CT molecular complexity index is 617. The fraction of sp³-hybridized carbons (Fsp3) is 0.0769. The van der Waals surface area contributed by atoms with Crippen LogP contribution in [0.5, 0.6) is 11.6 Å². The van der Waals surface area contributed by atoms with Crippen molar-refractivity contribution in [3.63, 3.8) is 0 Å². The van der Waals surface area contributed by atoms with Crippen molar-refractivity contribution in [1.29, 1.82) is 0 Å². The highest BCUT2D eigenvalue weighted by atomic mass is 19.1. The van der Waals surface area contributed by atoms with Crippen molar-refractivity contribution in [2.45, 2.75) is 0 Å². The van der Waals surface area contributed by atoms with Gasteiger partial charge in [0.25, 0.3) is 5.91 Å². The number of nitrogen functional groups attached to an aromatic ring is 1. The second-order valence-electron chi connectivity index (χ2n) is 3.69. The van der Waals surface area contributed by atoms with Gasteiger partial charge in [-0.15, -0.1) is 0 Å². The molecule has 0 fully saturated rings. The van der Waals surface area contributed by atoms with Crippen molar-refractivity contribution in [2.75, 3.05) is 12.8 Å². The van der Waals surface area contributed by atoms with E-state index >= 15 is 0 Å². The predicted molar refractivity (Wildman–Crippen MR) is 68.5 cm³/mol. The summed E-state index contributed by atoms with van der Waals surface area (Å²) in [6, 6.07) is 8.94. The molecule has 2 aromatic rings. The molecular weight excluding hydrogens is 249 g/mol. The van der Waals surface area contributed by atoms with Crippen molar-refractivity contribution in [2.24, 2.45) is 0 Å². The molecular formula is C13H12FN3O2. The Morgan fingerprint density at radius 1 is 1.32 bits per heavy atom. The van der Waals surface area contributed by atoms with Crippen LogP contribution in [0.2, 0.25) is 0 Å². The second-order valence-corrected chi connectivity index (χ2v) is 3.69. The SMILES string of the molecule is CNC(=O)c1cccc(Oc2cccc(F)c2N)n1. The lowest BCUT2D eigenvalue weighted by Gasteiger charge is -2.08. The van der Waals surface area contributed by atoms with E-state index in [1.807, 2.05) is 0 Å². The number of nitrogens with zero attached hydrogens (tertiary/aromatic N) is 1. The van der Waals surface area contributed by atoms with E-state index < -0.39 is 5.82 Å². The zero-order chi connectivity index (χ0) is 13.8. The van der Waals surface area contributed by atoms with Crippen LogP contribution < -0.4 is 15.8 Å². The summed E-state index contributed by atoms with van der Waals surface area (Å²) < 4.78 is 18.6. The highest BCUT2D eigenvalue weighted by molar-refractivity contribution is 5.92. The summed E-state index contributed by atoms with van der Waals surface area (Å²) in [5.41, 5.74) is 5.65. The maximum Gasteiger partial charge on any atom is 0.269 e. The third-order valence-electron chi connectivity index (χ3n) is 2.41. The van der Waals surface area contributed by atoms with Crippen LogP contribution in [0, 0.1) is 5.82 Å². The van der Waals surface area contributed by atoms with Crippen LogP contribution in [-0.4, -0.2) is 17.9 Å². The number of carbonyl (C=O) groups excluding carboxylic acids is 1. The molecule has 0 radical (unpaired) electrons. The fourth-order valence-electron chi connectivity index (χ4n) is 1.45. The summed E-state index contributed by atoms with van der Waals surface area (Å²) >= 11 is 0. The second kappa shape index (κ2) is 5.34. The Kier molecular flexibility index (Phi) is 3.61. The summed E-state index contributed by atoms with van der Waals surface area (Å²) in [6.45, 7) is 0. The number of hydrogen-bond acceptors (Lipinski definition) is 4. The van der Waals surface area contributed by atoms with Gasteiger partial charge in [0.15, 0.2) is 5.75 Å². The first-order valence-electron chi connectivity index (χ1n) is 5.53. The fourth-order valence-corrected chi connectivity index (χ4v) is 1.45. The number of hydrogen-bond donors (Lipinski definition) is 2. The standard InChI is InChI=1S/C13H12FN3O2/c1-16-13(18)9-5-3-7-11(17-9)19-10-6-2-4-8(14)12(10)15/h2-7H,15H2,1H3,(H,16,18). The number of nitrogens with one attached hydrogen (secondary N) is 1. The minimum absolute atomic E-state index is 0.102. The highest BCUT2D eigenvalue weighted by Crippen LogP contribution is 2.28. The van der Waals surface area contributed by atoms with Crippen molar-refractivity contribution in [3.05, 3.63) is 47.9 Å². The molecule has 0 aliphatic carbocycles. The molecule has 0 atom stereocenters. The topological polar surface area (TPSA) is 77.2 Å². The number of benzene rings is 1. The van der Waals surface area contributed by atoms with Gasteiger partial charge in [0.1, 0.15) is 17.2 Å². The average molecular weight is 261 g/mol. The van der Waals surface area contributed by atoms with E-state index in [1.165, 1.54) is 25.2 Å². The zero-order valence-corrected chi connectivity index (χ0v) is 10.2. The molecule has 1 heterocycles. The van der Waals surface area contributed by atoms with E-state index in [1.54, 1.807) is 18.2 Å². The monoisotopic (exact) mass is 261 g/mol. The first kappa shape index (κ1) is 12.8. The predicted octanol–water partition coefficient (Wildman–Crippen LogP) is 1.95. The molecule has 1 aromatic heterocycles. The number of anilines is 1. The summed E-state index contributed by atoms with van der Waals surface area (Å²) in [7, 11) is 1.50. The molecule has 1 amide bonds. The number of amides is 1. The molecule has 1 aromatic carbocycles. The average Bonchev–Trinajstić information content (AvgIpc) is 2.43. The van der Waals surface area contributed by atoms with Crippen LogP contribution in [0.15, 0.2) is 36.4 Å². The number of halogens is 1. The number of para-hydroxylation sites is 1. The summed E-state index contributed by atoms with van der Waals surface area (Å²) in [4.78, 5) is 15.4. The van der Waals surface area contributed by atoms with Gasteiger partial charge in [-0.2, -0.15) is 0 Å². The largest absolute Gasteiger partial charge is 0.437 e. The summed E-state index contributed by atoms with van der Waals surface area (Å²) in [5.74, 6) is -0.586. The molecule has 98 valence electrons. The Labute approximate surface area is 109 Å². The molecule has 0 aliphatic heterocycles. The van der Waals surface area contributed by atoms with E-state index in [2.05, 4.69) is 10.3 Å². The van der Waals surface area contributed by atoms with Crippen LogP contribution in [-0.2, 0) is 0 Å². The van der Waals surface area contributed by atoms with Crippen LogP contribution in [0.4, 0.5) is 10.1 Å². The number of carbonyl (C=O) groups is 1. The van der Waals surface area contributed by atoms with Gasteiger partial charge in [-0.25, -0.2) is 9.37 Å². The lowest BCUT2D eigenvalue weighted by Crippen LogP contribution is -2.19. The van der Waals surface area contributed by atoms with Gasteiger partial charge in [-0.05, 0) is 18.2 Å². The number of aromatic nitrogens is 1. The molecule has 0 unspecified atom stereocenters. The smallest absolute Gasteiger partial charge is 0.269 e. The Morgan fingerprint density at radius 2 is 2.05 bits per heavy atom. The van der Waals surface area contributed by atoms with Crippen LogP contribution >= 0.6 is 0 Å². The van der Waals surface area contributed by atoms with E-state index in [9.17, 15) is 9.18 Å². The van der Waals surface area contributed by atoms with Gasteiger partial charge in [-0.3, -0.25) is 4.79 Å². The number of rotatable bonds is 3. The van der Waals surface area contributed by atoms with E-state index in [0.29, 0.717) is 0 Å². The lowest BCUT2D eigenvalue weighted by molar-refractivity contribution is 0.0957. The first-order chi connectivity index (χ1) is 9.11. The molecule has 3 N–H and O–H groups in total. The molecule has 0 spiro atoms. The van der Waals surface area contributed by atoms with E-state index in [4.69, 9.17) is 10.5 Å². The van der Waals surface area contributed by atoms with Gasteiger partial charge in [0.2, 0.25) is 5.88 Å². The minimum atomic E-state index is -0.569. The molecule has 2 rings (SSSR count). The number of nitrogens with two attached hydrogens (primary N) is 1. The molecule has 0 aliphatic rings. The van der Waals surface area contributed by atoms with Crippen molar-refractivity contribution in [1.82, 2.24) is 10.3 Å². The maximum atomic E-state index is 13.3. The van der Waals surface area contributed by atoms with Crippen LogP contribution in [0.1, 0.15) is 10.5 Å². The van der Waals surface area contributed by atoms with Crippen LogP contribution in [0.3, 0.4) is 0 Å². The van der Waals surface area contributed by atoms with Crippen molar-refractivity contribution in [3.8, 4) is 11.6 Å². The Morgan fingerprint density at radius 3 is 2.79 bits per heavy atom.